The van der Waals surface area contributed by atoms with Crippen LogP contribution >= 0.6 is 0 Å². The first-order valence-electron chi connectivity index (χ1n) is 14.7. The largest absolute Gasteiger partial charge is 0.495 e. The Bertz CT molecular complexity index is 1880. The lowest BCUT2D eigenvalue weighted by Gasteiger charge is -2.29. The monoisotopic (exact) mass is 592 g/mol. The second-order valence-corrected chi connectivity index (χ2v) is 10.9. The predicted molar refractivity (Wildman–Crippen MR) is 174 cm³/mol. The number of hydrogen-bond donors (Lipinski definition) is 3. The van der Waals surface area contributed by atoms with Crippen LogP contribution in [0, 0.1) is 0 Å². The number of para-hydroxylation sites is 2. The first-order valence-corrected chi connectivity index (χ1v) is 14.7. The molecule has 1 aromatic heterocycles. The molecule has 5 aromatic rings. The fraction of sp³-hybridized carbons (Fsp3) is 0.257. The van der Waals surface area contributed by atoms with Crippen molar-refractivity contribution in [1.29, 1.82) is 0 Å². The number of carbonyl (C=O) groups excluding carboxylic acids is 1. The zero-order valence-corrected chi connectivity index (χ0v) is 25.2. The highest BCUT2D eigenvalue weighted by atomic mass is 16.5. The maximum Gasteiger partial charge on any atom is 0.228 e. The summed E-state index contributed by atoms with van der Waals surface area (Å²) in [6, 6.07) is 22.7. The van der Waals surface area contributed by atoms with E-state index in [1.165, 1.54) is 11.1 Å². The molecule has 6 rings (SSSR count). The summed E-state index contributed by atoms with van der Waals surface area (Å²) >= 11 is 0. The van der Waals surface area contributed by atoms with Crippen molar-refractivity contribution in [2.24, 2.45) is 0 Å². The summed E-state index contributed by atoms with van der Waals surface area (Å²) in [4.78, 5) is 32.0. The number of rotatable bonds is 10. The molecule has 9 heteroatoms. The number of anilines is 2. The SMILES string of the molecule is COc1cc2c(cc1OC)CN(CCNc1ccc(NC(=O)Cc3cccc4c(=O)c5cccc(OC)c5[nH]c34)cc1)CC2. The normalized spacial score (nSPS) is 13.0. The Morgan fingerprint density at radius 2 is 1.48 bits per heavy atom. The first-order chi connectivity index (χ1) is 21.5. The Morgan fingerprint density at radius 1 is 0.818 bits per heavy atom. The van der Waals surface area contributed by atoms with E-state index >= 15 is 0 Å². The molecule has 4 aromatic carbocycles. The molecular weight excluding hydrogens is 556 g/mol. The van der Waals surface area contributed by atoms with Gasteiger partial charge < -0.3 is 29.8 Å². The van der Waals surface area contributed by atoms with Crippen LogP contribution in [0.1, 0.15) is 16.7 Å². The second kappa shape index (κ2) is 12.7. The number of nitrogens with zero attached hydrogens (tertiary/aromatic N) is 1. The van der Waals surface area contributed by atoms with Gasteiger partial charge in [0.25, 0.3) is 0 Å². The van der Waals surface area contributed by atoms with Crippen molar-refractivity contribution < 1.29 is 19.0 Å². The second-order valence-electron chi connectivity index (χ2n) is 10.9. The van der Waals surface area contributed by atoms with Crippen LogP contribution in [0.2, 0.25) is 0 Å². The minimum Gasteiger partial charge on any atom is -0.495 e. The number of hydrogen-bond acceptors (Lipinski definition) is 7. The van der Waals surface area contributed by atoms with Gasteiger partial charge in [-0.2, -0.15) is 0 Å². The average molecular weight is 593 g/mol. The van der Waals surface area contributed by atoms with Gasteiger partial charge in [0.2, 0.25) is 5.91 Å². The standard InChI is InChI=1S/C35H36N4O5/c1-42-29-9-5-8-28-34(29)38-33-23(6-4-7-27(33)35(28)41)20-32(40)37-26-12-10-25(11-13-26)36-15-17-39-16-14-22-18-30(43-2)31(44-3)19-24(22)21-39/h4-13,18-19,36H,14-17,20-21H2,1-3H3,(H,37,40)(H,38,41). The Kier molecular flexibility index (Phi) is 8.38. The minimum atomic E-state index is -0.168. The molecule has 0 spiro atoms. The van der Waals surface area contributed by atoms with Crippen molar-refractivity contribution in [2.45, 2.75) is 19.4 Å². The third-order valence-electron chi connectivity index (χ3n) is 8.21. The van der Waals surface area contributed by atoms with Gasteiger partial charge in [-0.05, 0) is 77.7 Å². The highest BCUT2D eigenvalue weighted by molar-refractivity contribution is 5.99. The lowest BCUT2D eigenvalue weighted by molar-refractivity contribution is -0.115. The number of methoxy groups -OCH3 is 3. The lowest BCUT2D eigenvalue weighted by Crippen LogP contribution is -2.34. The van der Waals surface area contributed by atoms with E-state index in [1.54, 1.807) is 45.6 Å². The van der Waals surface area contributed by atoms with Crippen LogP contribution in [0.3, 0.4) is 0 Å². The molecule has 226 valence electrons. The highest BCUT2D eigenvalue weighted by Gasteiger charge is 2.19. The average Bonchev–Trinajstić information content (AvgIpc) is 3.05. The van der Waals surface area contributed by atoms with Crippen molar-refractivity contribution in [1.82, 2.24) is 9.88 Å². The molecule has 9 nitrogen and oxygen atoms in total. The highest BCUT2D eigenvalue weighted by Crippen LogP contribution is 2.33. The Labute approximate surface area is 255 Å². The van der Waals surface area contributed by atoms with Crippen LogP contribution in [0.25, 0.3) is 21.8 Å². The van der Waals surface area contributed by atoms with Crippen molar-refractivity contribution in [3.05, 3.63) is 99.7 Å². The van der Waals surface area contributed by atoms with E-state index in [0.717, 1.165) is 55.3 Å². The Hall–Kier alpha value is -5.02. The number of nitrogens with one attached hydrogen (secondary N) is 3. The number of carbonyl (C=O) groups is 1. The Balaban J connectivity index is 1.05. The van der Waals surface area contributed by atoms with Crippen LogP contribution in [0.5, 0.6) is 17.2 Å². The number of aromatic nitrogens is 1. The number of pyridine rings is 1. The molecule has 0 unspecified atom stereocenters. The summed E-state index contributed by atoms with van der Waals surface area (Å²) in [5.41, 5.74) is 6.18. The van der Waals surface area contributed by atoms with Crippen molar-refractivity contribution >= 4 is 39.1 Å². The topological polar surface area (TPSA) is 105 Å². The molecule has 0 fully saturated rings. The molecule has 0 radical (unpaired) electrons. The number of amides is 1. The van der Waals surface area contributed by atoms with Crippen LogP contribution in [-0.4, -0.2) is 56.8 Å². The van der Waals surface area contributed by atoms with Crippen LogP contribution in [0.4, 0.5) is 11.4 Å². The van der Waals surface area contributed by atoms with E-state index in [-0.39, 0.29) is 17.8 Å². The molecule has 0 aliphatic carbocycles. The molecule has 1 aliphatic heterocycles. The first kappa shape index (κ1) is 29.1. The summed E-state index contributed by atoms with van der Waals surface area (Å²) in [5.74, 6) is 1.96. The van der Waals surface area contributed by atoms with Crippen LogP contribution in [-0.2, 0) is 24.2 Å². The molecule has 44 heavy (non-hydrogen) atoms. The van der Waals surface area contributed by atoms with E-state index in [1.807, 2.05) is 36.4 Å². The number of ether oxygens (including phenoxy) is 3. The number of H-pyrrole nitrogens is 1. The van der Waals surface area contributed by atoms with Gasteiger partial charge in [-0.1, -0.05) is 18.2 Å². The third-order valence-corrected chi connectivity index (χ3v) is 8.21. The molecule has 0 saturated heterocycles. The lowest BCUT2D eigenvalue weighted by atomic mass is 9.99. The third kappa shape index (κ3) is 5.91. The molecule has 0 atom stereocenters. The van der Waals surface area contributed by atoms with Gasteiger partial charge in [0.1, 0.15) is 5.75 Å². The zero-order valence-electron chi connectivity index (χ0n) is 25.2. The van der Waals surface area contributed by atoms with E-state index in [0.29, 0.717) is 33.2 Å². The Morgan fingerprint density at radius 3 is 2.20 bits per heavy atom. The number of fused-ring (bicyclic) bond motifs is 3. The van der Waals surface area contributed by atoms with Gasteiger partial charge in [0.05, 0.1) is 38.8 Å². The smallest absolute Gasteiger partial charge is 0.228 e. The van der Waals surface area contributed by atoms with E-state index < -0.39 is 0 Å². The maximum absolute atomic E-state index is 13.2. The fourth-order valence-electron chi connectivity index (χ4n) is 5.91. The van der Waals surface area contributed by atoms with Gasteiger partial charge in [0, 0.05) is 48.3 Å². The van der Waals surface area contributed by atoms with Crippen LogP contribution < -0.4 is 30.3 Å². The maximum atomic E-state index is 13.2. The van der Waals surface area contributed by atoms with E-state index in [2.05, 4.69) is 32.7 Å². The molecule has 3 N–H and O–H groups in total. The number of aromatic amines is 1. The fourth-order valence-corrected chi connectivity index (χ4v) is 5.91. The molecule has 1 amide bonds. The molecule has 2 heterocycles. The van der Waals surface area contributed by atoms with Gasteiger partial charge in [0.15, 0.2) is 16.9 Å². The number of benzene rings is 4. The van der Waals surface area contributed by atoms with Crippen LogP contribution in [0.15, 0.2) is 77.6 Å². The van der Waals surface area contributed by atoms with Crippen molar-refractivity contribution in [3.8, 4) is 17.2 Å². The zero-order chi connectivity index (χ0) is 30.6. The quantitative estimate of drug-likeness (QED) is 0.188. The van der Waals surface area contributed by atoms with Crippen molar-refractivity contribution in [3.63, 3.8) is 0 Å². The van der Waals surface area contributed by atoms with Gasteiger partial charge in [-0.3, -0.25) is 14.5 Å². The molecule has 0 saturated carbocycles. The van der Waals surface area contributed by atoms with E-state index in [4.69, 9.17) is 14.2 Å². The van der Waals surface area contributed by atoms with Crippen molar-refractivity contribution in [2.75, 3.05) is 51.6 Å². The summed E-state index contributed by atoms with van der Waals surface area (Å²) in [6.45, 7) is 3.56. The van der Waals surface area contributed by atoms with Gasteiger partial charge >= 0.3 is 0 Å². The molecule has 1 aliphatic rings. The summed E-state index contributed by atoms with van der Waals surface area (Å²) in [6.07, 6.45) is 1.09. The predicted octanol–water partition coefficient (Wildman–Crippen LogP) is 5.36. The van der Waals surface area contributed by atoms with Gasteiger partial charge in [-0.25, -0.2) is 0 Å². The minimum absolute atomic E-state index is 0.0935. The molecule has 0 bridgehead atoms. The van der Waals surface area contributed by atoms with Gasteiger partial charge in [-0.15, -0.1) is 0 Å². The summed E-state index contributed by atoms with van der Waals surface area (Å²) in [5, 5.41) is 7.56. The summed E-state index contributed by atoms with van der Waals surface area (Å²) in [7, 11) is 4.90. The van der Waals surface area contributed by atoms with E-state index in [9.17, 15) is 9.59 Å². The molecular formula is C35H36N4O5. The summed E-state index contributed by atoms with van der Waals surface area (Å²) < 4.78 is 16.4.